The Morgan fingerprint density at radius 1 is 1.50 bits per heavy atom. The van der Waals surface area contributed by atoms with Crippen LogP contribution in [0.15, 0.2) is 21.9 Å². The van der Waals surface area contributed by atoms with Crippen LogP contribution in [0.3, 0.4) is 0 Å². The molecule has 0 saturated heterocycles. The molecule has 22 heavy (non-hydrogen) atoms. The summed E-state index contributed by atoms with van der Waals surface area (Å²) in [5.41, 5.74) is 0.00549. The number of aliphatic hydroxyl groups is 1. The molecule has 1 unspecified atom stereocenters. The number of likely N-dealkylation sites (N-methyl/N-ethyl adjacent to an activating group) is 1. The molecule has 0 aliphatic carbocycles. The van der Waals surface area contributed by atoms with E-state index in [1.165, 1.54) is 12.4 Å². The normalized spacial score (nSPS) is 13.2. The number of rotatable bonds is 4. The molecule has 120 valence electrons. The van der Waals surface area contributed by atoms with Gasteiger partial charge in [0.15, 0.2) is 16.9 Å². The lowest BCUT2D eigenvalue weighted by Gasteiger charge is -2.21. The van der Waals surface area contributed by atoms with E-state index in [1.54, 1.807) is 19.1 Å². The van der Waals surface area contributed by atoms with Crippen molar-refractivity contribution in [3.05, 3.63) is 29.0 Å². The van der Waals surface area contributed by atoms with Crippen molar-refractivity contribution in [2.75, 3.05) is 13.6 Å². The zero-order valence-electron chi connectivity index (χ0n) is 11.7. The monoisotopic (exact) mass is 334 g/mol. The van der Waals surface area contributed by atoms with Gasteiger partial charge >= 0.3 is 6.18 Å². The second-order valence-corrected chi connectivity index (χ2v) is 5.55. The summed E-state index contributed by atoms with van der Waals surface area (Å²) in [5.74, 6) is 0.470. The molecule has 0 bridgehead atoms. The van der Waals surface area contributed by atoms with Gasteiger partial charge in [0.25, 0.3) is 5.91 Å². The molecule has 1 N–H and O–H groups in total. The number of amides is 1. The molecule has 1 atom stereocenters. The smallest absolute Gasteiger partial charge is 0.416 e. The van der Waals surface area contributed by atoms with Gasteiger partial charge in [-0.25, -0.2) is 4.98 Å². The van der Waals surface area contributed by atoms with Crippen LogP contribution >= 0.6 is 11.3 Å². The number of alkyl halides is 3. The number of aryl methyl sites for hydroxylation is 1. The Bertz CT molecular complexity index is 666. The topological polar surface area (TPSA) is 66.6 Å². The third-order valence-electron chi connectivity index (χ3n) is 2.85. The Hall–Kier alpha value is -1.87. The fourth-order valence-electron chi connectivity index (χ4n) is 1.68. The molecule has 0 aliphatic heterocycles. The highest BCUT2D eigenvalue weighted by atomic mass is 32.1. The first-order valence-corrected chi connectivity index (χ1v) is 7.09. The van der Waals surface area contributed by atoms with Crippen LogP contribution in [0.5, 0.6) is 0 Å². The van der Waals surface area contributed by atoms with Crippen molar-refractivity contribution < 1.29 is 27.5 Å². The number of halogens is 3. The number of furan rings is 1. The molecule has 1 amide bonds. The van der Waals surface area contributed by atoms with Crippen molar-refractivity contribution >= 4 is 17.2 Å². The average molecular weight is 334 g/mol. The van der Waals surface area contributed by atoms with Crippen molar-refractivity contribution in [1.82, 2.24) is 9.88 Å². The van der Waals surface area contributed by atoms with E-state index in [-0.39, 0.29) is 5.69 Å². The van der Waals surface area contributed by atoms with Gasteiger partial charge in [0.05, 0.1) is 6.54 Å². The number of carbonyl (C=O) groups excluding carboxylic acids is 1. The standard InChI is InChI=1S/C13H13F3N2O3S/c1-7-3-4-9(21-7)11-17-8(6-22-11)12(20)18(2)5-10(19)13(14,15)16/h3-4,6,10,19H,5H2,1-2H3. The summed E-state index contributed by atoms with van der Waals surface area (Å²) in [7, 11) is 1.17. The maximum atomic E-state index is 12.3. The molecule has 0 radical (unpaired) electrons. The maximum absolute atomic E-state index is 12.3. The quantitative estimate of drug-likeness (QED) is 0.934. The Labute approximate surface area is 128 Å². The van der Waals surface area contributed by atoms with Gasteiger partial charge in [-0.3, -0.25) is 4.79 Å². The molecule has 0 aliphatic rings. The molecule has 2 aromatic rings. The Morgan fingerprint density at radius 2 is 2.18 bits per heavy atom. The van der Waals surface area contributed by atoms with Crippen LogP contribution in [-0.4, -0.2) is 46.8 Å². The van der Waals surface area contributed by atoms with Gasteiger partial charge in [0.1, 0.15) is 11.5 Å². The van der Waals surface area contributed by atoms with E-state index in [1.807, 2.05) is 0 Å². The summed E-state index contributed by atoms with van der Waals surface area (Å²) in [6, 6.07) is 3.43. The lowest BCUT2D eigenvalue weighted by molar-refractivity contribution is -0.205. The van der Waals surface area contributed by atoms with Gasteiger partial charge in [-0.05, 0) is 19.1 Å². The van der Waals surface area contributed by atoms with E-state index >= 15 is 0 Å². The Kier molecular flexibility index (Phi) is 4.57. The second-order valence-electron chi connectivity index (χ2n) is 4.69. The van der Waals surface area contributed by atoms with E-state index in [9.17, 15) is 18.0 Å². The minimum Gasteiger partial charge on any atom is -0.459 e. The fraction of sp³-hybridized carbons (Fsp3) is 0.385. The third kappa shape index (κ3) is 3.66. The highest BCUT2D eigenvalue weighted by Gasteiger charge is 2.39. The minimum atomic E-state index is -4.77. The highest BCUT2D eigenvalue weighted by molar-refractivity contribution is 7.13. The molecule has 2 heterocycles. The fourth-order valence-corrected chi connectivity index (χ4v) is 2.43. The third-order valence-corrected chi connectivity index (χ3v) is 3.70. The molecule has 2 rings (SSSR count). The first-order chi connectivity index (χ1) is 10.2. The highest BCUT2D eigenvalue weighted by Crippen LogP contribution is 2.26. The second kappa shape index (κ2) is 6.09. The molecule has 5 nitrogen and oxygen atoms in total. The lowest BCUT2D eigenvalue weighted by Crippen LogP contribution is -2.41. The van der Waals surface area contributed by atoms with Crippen LogP contribution in [0.4, 0.5) is 13.2 Å². The van der Waals surface area contributed by atoms with Crippen LogP contribution in [0.25, 0.3) is 10.8 Å². The van der Waals surface area contributed by atoms with Crippen LogP contribution in [0, 0.1) is 6.92 Å². The molecular formula is C13H13F3N2O3S. The maximum Gasteiger partial charge on any atom is 0.416 e. The van der Waals surface area contributed by atoms with Crippen LogP contribution in [0.1, 0.15) is 16.2 Å². The average Bonchev–Trinajstić information content (AvgIpc) is 3.05. The molecule has 0 spiro atoms. The summed E-state index contributed by atoms with van der Waals surface area (Å²) in [6.45, 7) is 0.907. The van der Waals surface area contributed by atoms with E-state index in [4.69, 9.17) is 9.52 Å². The van der Waals surface area contributed by atoms with Crippen LogP contribution < -0.4 is 0 Å². The summed E-state index contributed by atoms with van der Waals surface area (Å²) in [6.07, 6.45) is -7.36. The van der Waals surface area contributed by atoms with Crippen LogP contribution in [0.2, 0.25) is 0 Å². The van der Waals surface area contributed by atoms with Crippen molar-refractivity contribution in [2.24, 2.45) is 0 Å². The predicted octanol–water partition coefficient (Wildman–Crippen LogP) is 2.71. The number of carbonyl (C=O) groups is 1. The van der Waals surface area contributed by atoms with Crippen molar-refractivity contribution in [3.63, 3.8) is 0 Å². The van der Waals surface area contributed by atoms with Gasteiger partial charge in [0.2, 0.25) is 0 Å². The molecule has 0 fully saturated rings. The number of thiazole rings is 1. The van der Waals surface area contributed by atoms with E-state index < -0.39 is 24.7 Å². The molecular weight excluding hydrogens is 321 g/mol. The molecule has 0 aromatic carbocycles. The van der Waals surface area contributed by atoms with E-state index in [0.717, 1.165) is 16.2 Å². The SMILES string of the molecule is Cc1ccc(-c2nc(C(=O)N(C)CC(O)C(F)(F)F)cs2)o1. The van der Waals surface area contributed by atoms with Gasteiger partial charge in [-0.15, -0.1) is 11.3 Å². The minimum absolute atomic E-state index is 0.00549. The van der Waals surface area contributed by atoms with Crippen molar-refractivity contribution in [1.29, 1.82) is 0 Å². The number of hydrogen-bond donors (Lipinski definition) is 1. The summed E-state index contributed by atoms with van der Waals surface area (Å²) >= 11 is 1.15. The zero-order valence-corrected chi connectivity index (χ0v) is 12.5. The predicted molar refractivity (Wildman–Crippen MR) is 73.6 cm³/mol. The number of nitrogens with zero attached hydrogens (tertiary/aromatic N) is 2. The molecule has 2 aromatic heterocycles. The number of hydrogen-bond acceptors (Lipinski definition) is 5. The first-order valence-electron chi connectivity index (χ1n) is 6.21. The number of aromatic nitrogens is 1. The van der Waals surface area contributed by atoms with Crippen LogP contribution in [-0.2, 0) is 0 Å². The summed E-state index contributed by atoms with van der Waals surface area (Å²) in [4.78, 5) is 16.9. The van der Waals surface area contributed by atoms with Gasteiger partial charge in [-0.1, -0.05) is 0 Å². The Balaban J connectivity index is 2.08. The van der Waals surface area contributed by atoms with Crippen molar-refractivity contribution in [3.8, 4) is 10.8 Å². The largest absolute Gasteiger partial charge is 0.459 e. The van der Waals surface area contributed by atoms with Gasteiger partial charge in [0, 0.05) is 12.4 Å². The molecule has 0 saturated carbocycles. The Morgan fingerprint density at radius 3 is 2.73 bits per heavy atom. The number of aliphatic hydroxyl groups excluding tert-OH is 1. The lowest BCUT2D eigenvalue weighted by atomic mass is 10.3. The van der Waals surface area contributed by atoms with E-state index in [2.05, 4.69) is 4.98 Å². The summed E-state index contributed by atoms with van der Waals surface area (Å²) in [5, 5.41) is 10.9. The van der Waals surface area contributed by atoms with E-state index in [0.29, 0.717) is 16.5 Å². The zero-order chi connectivity index (χ0) is 16.5. The van der Waals surface area contributed by atoms with Crippen molar-refractivity contribution in [2.45, 2.75) is 19.2 Å². The van der Waals surface area contributed by atoms with Gasteiger partial charge in [-0.2, -0.15) is 13.2 Å². The van der Waals surface area contributed by atoms with Gasteiger partial charge < -0.3 is 14.4 Å². The molecule has 9 heteroatoms. The summed E-state index contributed by atoms with van der Waals surface area (Å²) < 4.78 is 42.2. The first kappa shape index (κ1) is 16.5.